The molecule has 0 spiro atoms. The van der Waals surface area contributed by atoms with Gasteiger partial charge in [0.2, 0.25) is 0 Å². The highest BCUT2D eigenvalue weighted by atomic mass is 32.1. The van der Waals surface area contributed by atoms with Gasteiger partial charge in [0, 0.05) is 16.3 Å². The number of amides is 1. The van der Waals surface area contributed by atoms with E-state index in [0.29, 0.717) is 10.8 Å². The normalized spacial score (nSPS) is 11.3. The van der Waals surface area contributed by atoms with E-state index in [0.717, 1.165) is 37.4 Å². The molecule has 0 bridgehead atoms. The average molecular weight is 390 g/mol. The number of aromatic nitrogens is 3. The second-order valence-corrected chi connectivity index (χ2v) is 8.09. The summed E-state index contributed by atoms with van der Waals surface area (Å²) in [4.78, 5) is 24.9. The zero-order valence-electron chi connectivity index (χ0n) is 14.3. The highest BCUT2D eigenvalue weighted by Crippen LogP contribution is 2.29. The third kappa shape index (κ3) is 2.90. The molecule has 27 heavy (non-hydrogen) atoms. The number of H-pyrrole nitrogens is 1. The Morgan fingerprint density at radius 1 is 1.11 bits per heavy atom. The third-order valence-electron chi connectivity index (χ3n) is 4.34. The molecule has 0 saturated heterocycles. The number of rotatable bonds is 3. The van der Waals surface area contributed by atoms with Gasteiger partial charge in [-0.2, -0.15) is 0 Å². The van der Waals surface area contributed by atoms with Gasteiger partial charge in [-0.15, -0.1) is 11.3 Å². The molecule has 7 heteroatoms. The lowest BCUT2D eigenvalue weighted by Gasteiger charge is -1.97. The van der Waals surface area contributed by atoms with Crippen LogP contribution in [0.5, 0.6) is 0 Å². The highest BCUT2D eigenvalue weighted by Gasteiger charge is 2.15. The second-order valence-electron chi connectivity index (χ2n) is 6.20. The Hall–Kier alpha value is -3.03. The Balaban J connectivity index is 1.41. The van der Waals surface area contributed by atoms with Gasteiger partial charge in [0.15, 0.2) is 5.13 Å². The maximum absolute atomic E-state index is 12.6. The van der Waals surface area contributed by atoms with Crippen molar-refractivity contribution in [1.29, 1.82) is 0 Å². The maximum atomic E-state index is 12.6. The largest absolute Gasteiger partial charge is 0.353 e. The van der Waals surface area contributed by atoms with Gasteiger partial charge in [-0.25, -0.2) is 9.97 Å². The number of hydrogen-bond acceptors (Lipinski definition) is 5. The van der Waals surface area contributed by atoms with Gasteiger partial charge in [0.25, 0.3) is 5.91 Å². The number of aryl methyl sites for hydroxylation is 1. The molecule has 132 valence electrons. The minimum absolute atomic E-state index is 0.245. The average Bonchev–Trinajstić information content (AvgIpc) is 3.39. The minimum Gasteiger partial charge on any atom is -0.353 e. The number of nitrogens with zero attached hydrogens (tertiary/aromatic N) is 2. The van der Waals surface area contributed by atoms with Crippen LogP contribution in [0, 0.1) is 6.92 Å². The molecule has 0 aliphatic carbocycles. The van der Waals surface area contributed by atoms with Crippen molar-refractivity contribution in [2.24, 2.45) is 0 Å². The van der Waals surface area contributed by atoms with Gasteiger partial charge < -0.3 is 4.98 Å². The van der Waals surface area contributed by atoms with Gasteiger partial charge in [-0.1, -0.05) is 41.7 Å². The molecule has 1 amide bonds. The van der Waals surface area contributed by atoms with Crippen LogP contribution in [0.15, 0.2) is 53.9 Å². The Bertz CT molecular complexity index is 1260. The SMILES string of the molecule is Cc1cccc2sc(NC(=O)c3csc(-c4cc5ccccc5[nH]4)n3)nc12. The van der Waals surface area contributed by atoms with Crippen LogP contribution in [-0.4, -0.2) is 20.9 Å². The molecule has 3 heterocycles. The molecule has 5 rings (SSSR count). The van der Waals surface area contributed by atoms with Crippen LogP contribution >= 0.6 is 22.7 Å². The van der Waals surface area contributed by atoms with Crippen LogP contribution in [0.3, 0.4) is 0 Å². The first-order valence-electron chi connectivity index (χ1n) is 8.38. The zero-order chi connectivity index (χ0) is 18.4. The van der Waals surface area contributed by atoms with Crippen molar-refractivity contribution in [2.75, 3.05) is 5.32 Å². The van der Waals surface area contributed by atoms with Crippen LogP contribution in [0.1, 0.15) is 16.1 Å². The van der Waals surface area contributed by atoms with Crippen LogP contribution < -0.4 is 5.32 Å². The predicted molar refractivity (Wildman–Crippen MR) is 112 cm³/mol. The Labute approximate surface area is 162 Å². The quantitative estimate of drug-likeness (QED) is 0.430. The first kappa shape index (κ1) is 16.2. The predicted octanol–water partition coefficient (Wildman–Crippen LogP) is 5.46. The molecule has 5 nitrogen and oxygen atoms in total. The third-order valence-corrected chi connectivity index (χ3v) is 6.15. The van der Waals surface area contributed by atoms with Crippen molar-refractivity contribution in [1.82, 2.24) is 15.0 Å². The summed E-state index contributed by atoms with van der Waals surface area (Å²) in [5.41, 5.74) is 4.38. The standard InChI is InChI=1S/C20H14N4OS2/c1-11-5-4-8-16-17(11)23-20(27-16)24-18(25)15-10-26-19(22-15)14-9-12-6-2-3-7-13(12)21-14/h2-10,21H,1H3,(H,23,24,25). The van der Waals surface area contributed by atoms with E-state index in [9.17, 15) is 4.79 Å². The van der Waals surface area contributed by atoms with Crippen molar-refractivity contribution >= 4 is 54.8 Å². The molecule has 0 aliphatic rings. The zero-order valence-corrected chi connectivity index (χ0v) is 15.9. The number of carbonyl (C=O) groups excluding carboxylic acids is 1. The Kier molecular flexibility index (Phi) is 3.77. The van der Waals surface area contributed by atoms with E-state index in [1.165, 1.54) is 22.7 Å². The van der Waals surface area contributed by atoms with Crippen molar-refractivity contribution in [2.45, 2.75) is 6.92 Å². The number of nitrogens with one attached hydrogen (secondary N) is 2. The van der Waals surface area contributed by atoms with Crippen molar-refractivity contribution in [3.05, 3.63) is 65.2 Å². The van der Waals surface area contributed by atoms with E-state index < -0.39 is 0 Å². The molecular formula is C20H14N4OS2. The van der Waals surface area contributed by atoms with E-state index in [-0.39, 0.29) is 5.91 Å². The number of para-hydroxylation sites is 2. The summed E-state index contributed by atoms with van der Waals surface area (Å²) in [7, 11) is 0. The first-order valence-corrected chi connectivity index (χ1v) is 10.1. The number of aromatic amines is 1. The molecular weight excluding hydrogens is 376 g/mol. The van der Waals surface area contributed by atoms with E-state index in [1.807, 2.05) is 55.5 Å². The van der Waals surface area contributed by atoms with E-state index in [4.69, 9.17) is 0 Å². The number of carbonyl (C=O) groups is 1. The van der Waals surface area contributed by atoms with Crippen molar-refractivity contribution < 1.29 is 4.79 Å². The maximum Gasteiger partial charge on any atom is 0.276 e. The van der Waals surface area contributed by atoms with Gasteiger partial charge >= 0.3 is 0 Å². The summed E-state index contributed by atoms with van der Waals surface area (Å²) in [5, 5.41) is 7.14. The summed E-state index contributed by atoms with van der Waals surface area (Å²) >= 11 is 2.91. The molecule has 2 aromatic carbocycles. The molecule has 0 unspecified atom stereocenters. The number of fused-ring (bicyclic) bond motifs is 2. The molecule has 5 aromatic rings. The van der Waals surface area contributed by atoms with Crippen LogP contribution in [-0.2, 0) is 0 Å². The summed E-state index contributed by atoms with van der Waals surface area (Å²) in [6.07, 6.45) is 0. The molecule has 0 fully saturated rings. The Morgan fingerprint density at radius 2 is 2.00 bits per heavy atom. The smallest absolute Gasteiger partial charge is 0.276 e. The summed E-state index contributed by atoms with van der Waals surface area (Å²) in [6, 6.07) is 16.1. The monoisotopic (exact) mass is 390 g/mol. The molecule has 0 radical (unpaired) electrons. The molecule has 2 N–H and O–H groups in total. The topological polar surface area (TPSA) is 70.7 Å². The van der Waals surface area contributed by atoms with Gasteiger partial charge in [-0.05, 0) is 30.7 Å². The summed E-state index contributed by atoms with van der Waals surface area (Å²) < 4.78 is 1.06. The minimum atomic E-state index is -0.245. The molecule has 0 atom stereocenters. The van der Waals surface area contributed by atoms with Crippen molar-refractivity contribution in [3.8, 4) is 10.7 Å². The van der Waals surface area contributed by atoms with E-state index >= 15 is 0 Å². The number of anilines is 1. The fourth-order valence-corrected chi connectivity index (χ4v) is 4.70. The lowest BCUT2D eigenvalue weighted by molar-refractivity contribution is 0.102. The van der Waals surface area contributed by atoms with Gasteiger partial charge in [0.1, 0.15) is 10.7 Å². The van der Waals surface area contributed by atoms with Crippen molar-refractivity contribution in [3.63, 3.8) is 0 Å². The highest BCUT2D eigenvalue weighted by molar-refractivity contribution is 7.22. The van der Waals surface area contributed by atoms with Gasteiger partial charge in [-0.3, -0.25) is 10.1 Å². The summed E-state index contributed by atoms with van der Waals surface area (Å²) in [5.74, 6) is -0.245. The van der Waals surface area contributed by atoms with E-state index in [2.05, 4.69) is 20.3 Å². The first-order chi connectivity index (χ1) is 13.2. The lowest BCUT2D eigenvalue weighted by atomic mass is 10.2. The molecule has 0 aliphatic heterocycles. The number of hydrogen-bond donors (Lipinski definition) is 2. The number of benzene rings is 2. The van der Waals surface area contributed by atoms with E-state index in [1.54, 1.807) is 5.38 Å². The molecule has 0 saturated carbocycles. The fourth-order valence-electron chi connectivity index (χ4n) is 2.99. The van der Waals surface area contributed by atoms with Gasteiger partial charge in [0.05, 0.1) is 15.9 Å². The fraction of sp³-hybridized carbons (Fsp3) is 0.0500. The lowest BCUT2D eigenvalue weighted by Crippen LogP contribution is -2.11. The molecule has 3 aromatic heterocycles. The van der Waals surface area contributed by atoms with Crippen LogP contribution in [0.2, 0.25) is 0 Å². The summed E-state index contributed by atoms with van der Waals surface area (Å²) in [6.45, 7) is 2.01. The second kappa shape index (κ2) is 6.29. The van der Waals surface area contributed by atoms with Crippen LogP contribution in [0.25, 0.3) is 31.8 Å². The Morgan fingerprint density at radius 3 is 2.85 bits per heavy atom. The number of thiazole rings is 2. The van der Waals surface area contributed by atoms with Crippen LogP contribution in [0.4, 0.5) is 5.13 Å².